The van der Waals surface area contributed by atoms with Gasteiger partial charge in [0.15, 0.2) is 0 Å². The predicted octanol–water partition coefficient (Wildman–Crippen LogP) is 1.75. The average molecular weight is 290 g/mol. The van der Waals surface area contributed by atoms with Gasteiger partial charge in [0.05, 0.1) is 12.1 Å². The summed E-state index contributed by atoms with van der Waals surface area (Å²) in [6.07, 6.45) is 1.51. The molecule has 21 heavy (non-hydrogen) atoms. The third-order valence-electron chi connectivity index (χ3n) is 4.31. The zero-order valence-electron chi connectivity index (χ0n) is 13.0. The number of benzene rings is 1. The first kappa shape index (κ1) is 16.0. The van der Waals surface area contributed by atoms with E-state index in [-0.39, 0.29) is 18.1 Å². The van der Waals surface area contributed by atoms with Crippen molar-refractivity contribution < 1.29 is 9.90 Å². The Morgan fingerprint density at radius 2 is 2.10 bits per heavy atom. The van der Waals surface area contributed by atoms with Crippen molar-refractivity contribution in [3.63, 3.8) is 0 Å². The molecule has 3 atom stereocenters. The molecule has 0 bridgehead atoms. The standard InChI is InChI=1S/C17H26N2O2/c1-13(15-7-4-3-5-8-15)11-18-17(21)14(2)19-10-6-9-16(20)12-19/h3-5,7-8,13-14,16,20H,6,9-12H2,1-2H3,(H,18,21). The number of hydrogen-bond donors (Lipinski definition) is 2. The molecule has 3 unspecified atom stereocenters. The summed E-state index contributed by atoms with van der Waals surface area (Å²) >= 11 is 0. The number of piperidine rings is 1. The Kier molecular flexibility index (Phi) is 5.76. The zero-order chi connectivity index (χ0) is 15.2. The average Bonchev–Trinajstić information content (AvgIpc) is 2.52. The Morgan fingerprint density at radius 3 is 2.76 bits per heavy atom. The van der Waals surface area contributed by atoms with Crippen molar-refractivity contribution in [1.82, 2.24) is 10.2 Å². The molecule has 2 rings (SSSR count). The Morgan fingerprint density at radius 1 is 1.38 bits per heavy atom. The lowest BCUT2D eigenvalue weighted by molar-refractivity contribution is -0.127. The van der Waals surface area contributed by atoms with E-state index in [9.17, 15) is 9.90 Å². The number of nitrogens with one attached hydrogen (secondary N) is 1. The number of carbonyl (C=O) groups excluding carboxylic acids is 1. The molecule has 0 aliphatic carbocycles. The van der Waals surface area contributed by atoms with Crippen molar-refractivity contribution in [2.75, 3.05) is 19.6 Å². The molecule has 116 valence electrons. The van der Waals surface area contributed by atoms with Crippen LogP contribution in [0, 0.1) is 0 Å². The summed E-state index contributed by atoms with van der Waals surface area (Å²) in [5.41, 5.74) is 1.24. The third-order valence-corrected chi connectivity index (χ3v) is 4.31. The second kappa shape index (κ2) is 7.57. The number of aliphatic hydroxyl groups excluding tert-OH is 1. The monoisotopic (exact) mass is 290 g/mol. The van der Waals surface area contributed by atoms with E-state index >= 15 is 0 Å². The zero-order valence-corrected chi connectivity index (χ0v) is 13.0. The number of amides is 1. The highest BCUT2D eigenvalue weighted by Crippen LogP contribution is 2.15. The molecule has 1 fully saturated rings. The normalized spacial score (nSPS) is 22.5. The molecule has 0 spiro atoms. The second-order valence-corrected chi connectivity index (χ2v) is 6.02. The molecule has 4 heteroatoms. The van der Waals surface area contributed by atoms with Gasteiger partial charge < -0.3 is 10.4 Å². The van der Waals surface area contributed by atoms with Crippen molar-refractivity contribution >= 4 is 5.91 Å². The van der Waals surface area contributed by atoms with Crippen LogP contribution in [0.4, 0.5) is 0 Å². The van der Waals surface area contributed by atoms with Crippen molar-refractivity contribution in [3.8, 4) is 0 Å². The minimum absolute atomic E-state index is 0.0480. The number of hydrogen-bond acceptors (Lipinski definition) is 3. The summed E-state index contributed by atoms with van der Waals surface area (Å²) in [5, 5.41) is 12.7. The van der Waals surface area contributed by atoms with E-state index in [0.717, 1.165) is 19.4 Å². The molecule has 0 saturated carbocycles. The van der Waals surface area contributed by atoms with Gasteiger partial charge in [0.25, 0.3) is 0 Å². The van der Waals surface area contributed by atoms with Crippen molar-refractivity contribution in [2.45, 2.75) is 44.8 Å². The van der Waals surface area contributed by atoms with Crippen LogP contribution in [-0.4, -0.2) is 47.7 Å². The first-order chi connectivity index (χ1) is 10.1. The van der Waals surface area contributed by atoms with E-state index in [4.69, 9.17) is 0 Å². The predicted molar refractivity (Wildman–Crippen MR) is 84.1 cm³/mol. The number of carbonyl (C=O) groups is 1. The fourth-order valence-electron chi connectivity index (χ4n) is 2.80. The van der Waals surface area contributed by atoms with E-state index in [0.29, 0.717) is 19.0 Å². The molecule has 0 radical (unpaired) electrons. The van der Waals surface area contributed by atoms with Gasteiger partial charge in [0.1, 0.15) is 0 Å². The van der Waals surface area contributed by atoms with E-state index in [2.05, 4.69) is 29.3 Å². The molecule has 1 aliphatic heterocycles. The van der Waals surface area contributed by atoms with Crippen LogP contribution >= 0.6 is 0 Å². The van der Waals surface area contributed by atoms with Gasteiger partial charge in [0, 0.05) is 13.1 Å². The first-order valence-corrected chi connectivity index (χ1v) is 7.82. The van der Waals surface area contributed by atoms with Crippen LogP contribution < -0.4 is 5.32 Å². The lowest BCUT2D eigenvalue weighted by atomic mass is 10.0. The van der Waals surface area contributed by atoms with Crippen LogP contribution in [0.15, 0.2) is 30.3 Å². The maximum absolute atomic E-state index is 12.3. The molecular weight excluding hydrogens is 264 g/mol. The summed E-state index contributed by atoms with van der Waals surface area (Å²) < 4.78 is 0. The van der Waals surface area contributed by atoms with Gasteiger partial charge in [-0.2, -0.15) is 0 Å². The molecule has 4 nitrogen and oxygen atoms in total. The SMILES string of the molecule is CC(CNC(=O)C(C)N1CCCC(O)C1)c1ccccc1. The smallest absolute Gasteiger partial charge is 0.237 e. The van der Waals surface area contributed by atoms with E-state index in [1.807, 2.05) is 25.1 Å². The molecule has 1 heterocycles. The number of likely N-dealkylation sites (tertiary alicyclic amines) is 1. The van der Waals surface area contributed by atoms with E-state index in [1.165, 1.54) is 5.56 Å². The highest BCUT2D eigenvalue weighted by Gasteiger charge is 2.26. The van der Waals surface area contributed by atoms with E-state index < -0.39 is 0 Å². The van der Waals surface area contributed by atoms with Crippen molar-refractivity contribution in [3.05, 3.63) is 35.9 Å². The van der Waals surface area contributed by atoms with Crippen LogP contribution in [0.3, 0.4) is 0 Å². The molecular formula is C17H26N2O2. The summed E-state index contributed by atoms with van der Waals surface area (Å²) in [6, 6.07) is 10.0. The van der Waals surface area contributed by atoms with Crippen LogP contribution in [0.25, 0.3) is 0 Å². The summed E-state index contributed by atoms with van der Waals surface area (Å²) in [5.74, 6) is 0.348. The number of aliphatic hydroxyl groups is 1. The number of β-amino-alcohol motifs (C(OH)–C–C–N with tert-alkyl or cyclic N) is 1. The fraction of sp³-hybridized carbons (Fsp3) is 0.588. The van der Waals surface area contributed by atoms with Crippen LogP contribution in [0.1, 0.15) is 38.2 Å². The maximum atomic E-state index is 12.3. The Labute approximate surface area is 127 Å². The topological polar surface area (TPSA) is 52.6 Å². The molecule has 1 aliphatic rings. The highest BCUT2D eigenvalue weighted by molar-refractivity contribution is 5.81. The highest BCUT2D eigenvalue weighted by atomic mass is 16.3. The van der Waals surface area contributed by atoms with Gasteiger partial charge in [-0.1, -0.05) is 37.3 Å². The quantitative estimate of drug-likeness (QED) is 0.868. The van der Waals surface area contributed by atoms with Gasteiger partial charge in [-0.3, -0.25) is 9.69 Å². The molecule has 1 aromatic rings. The molecule has 1 amide bonds. The van der Waals surface area contributed by atoms with Gasteiger partial charge >= 0.3 is 0 Å². The Balaban J connectivity index is 1.81. The number of rotatable bonds is 5. The van der Waals surface area contributed by atoms with Gasteiger partial charge in [-0.15, -0.1) is 0 Å². The van der Waals surface area contributed by atoms with Gasteiger partial charge in [0.2, 0.25) is 5.91 Å². The second-order valence-electron chi connectivity index (χ2n) is 6.02. The summed E-state index contributed by atoms with van der Waals surface area (Å²) in [7, 11) is 0. The molecule has 1 aromatic carbocycles. The largest absolute Gasteiger partial charge is 0.392 e. The summed E-state index contributed by atoms with van der Waals surface area (Å²) in [4.78, 5) is 14.3. The lowest BCUT2D eigenvalue weighted by Gasteiger charge is -2.34. The Bertz CT molecular complexity index is 449. The van der Waals surface area contributed by atoms with Crippen LogP contribution in [0.5, 0.6) is 0 Å². The molecule has 0 aromatic heterocycles. The van der Waals surface area contributed by atoms with Gasteiger partial charge in [-0.05, 0) is 37.8 Å². The van der Waals surface area contributed by atoms with E-state index in [1.54, 1.807) is 0 Å². The molecule has 2 N–H and O–H groups in total. The Hall–Kier alpha value is -1.39. The number of nitrogens with zero attached hydrogens (tertiary/aromatic N) is 1. The summed E-state index contributed by atoms with van der Waals surface area (Å²) in [6.45, 7) is 6.16. The molecule has 1 saturated heterocycles. The maximum Gasteiger partial charge on any atom is 0.237 e. The third kappa shape index (κ3) is 4.55. The van der Waals surface area contributed by atoms with Crippen LogP contribution in [0.2, 0.25) is 0 Å². The van der Waals surface area contributed by atoms with Crippen LogP contribution in [-0.2, 0) is 4.79 Å². The minimum atomic E-state index is -0.294. The van der Waals surface area contributed by atoms with Crippen molar-refractivity contribution in [2.24, 2.45) is 0 Å². The fourth-order valence-corrected chi connectivity index (χ4v) is 2.80. The first-order valence-electron chi connectivity index (χ1n) is 7.82. The lowest BCUT2D eigenvalue weighted by Crippen LogP contribution is -2.50. The van der Waals surface area contributed by atoms with Crippen molar-refractivity contribution in [1.29, 1.82) is 0 Å². The van der Waals surface area contributed by atoms with Gasteiger partial charge in [-0.25, -0.2) is 0 Å². The minimum Gasteiger partial charge on any atom is -0.392 e.